The lowest BCUT2D eigenvalue weighted by Crippen LogP contribution is -2.42. The van der Waals surface area contributed by atoms with E-state index in [2.05, 4.69) is 18.8 Å². The molecule has 2 aromatic carbocycles. The predicted octanol–water partition coefficient (Wildman–Crippen LogP) is 4.92. The zero-order valence-electron chi connectivity index (χ0n) is 20.7. The second-order valence-electron chi connectivity index (χ2n) is 10.1. The number of piperidine rings is 2. The first kappa shape index (κ1) is 26.0. The first-order valence-electron chi connectivity index (χ1n) is 12.4. The van der Waals surface area contributed by atoms with E-state index >= 15 is 0 Å². The number of thiazole rings is 1. The van der Waals surface area contributed by atoms with Crippen LogP contribution in [0.4, 0.5) is 8.78 Å². The molecule has 0 N–H and O–H groups in total. The van der Waals surface area contributed by atoms with Crippen molar-refractivity contribution in [2.24, 2.45) is 11.8 Å². The Morgan fingerprint density at radius 1 is 1.05 bits per heavy atom. The van der Waals surface area contributed by atoms with Gasteiger partial charge in [-0.1, -0.05) is 25.2 Å². The number of nitrogens with zero attached hydrogens (tertiary/aromatic N) is 3. The van der Waals surface area contributed by atoms with Crippen LogP contribution in [0.2, 0.25) is 0 Å². The highest BCUT2D eigenvalue weighted by atomic mass is 32.2. The maximum Gasteiger partial charge on any atom is 0.274 e. The number of sulfonamides is 1. The Kier molecular flexibility index (Phi) is 7.21. The minimum atomic E-state index is -3.60. The summed E-state index contributed by atoms with van der Waals surface area (Å²) in [5.74, 6) is -0.927. The topological polar surface area (TPSA) is 79.8 Å². The SMILES string of the molecule is CC1CC(C)CN(S(=O)(=O)c2ccc(C(=O)N3CCC(Oc4nc5c(F)cc(F)cc5s4)CC3)cc2)C1. The van der Waals surface area contributed by atoms with Crippen LogP contribution < -0.4 is 4.74 Å². The van der Waals surface area contributed by atoms with E-state index in [0.29, 0.717) is 61.1 Å². The molecule has 0 aliphatic carbocycles. The van der Waals surface area contributed by atoms with E-state index in [4.69, 9.17) is 4.74 Å². The Hall–Kier alpha value is -2.63. The van der Waals surface area contributed by atoms with E-state index in [-0.39, 0.29) is 27.6 Å². The number of fused-ring (bicyclic) bond motifs is 1. The third kappa shape index (κ3) is 5.49. The lowest BCUT2D eigenvalue weighted by molar-refractivity contribution is 0.0595. The number of rotatable bonds is 5. The molecule has 0 spiro atoms. The van der Waals surface area contributed by atoms with Gasteiger partial charge in [-0.25, -0.2) is 17.2 Å². The van der Waals surface area contributed by atoms with Gasteiger partial charge in [0.25, 0.3) is 11.1 Å². The molecule has 37 heavy (non-hydrogen) atoms. The first-order valence-corrected chi connectivity index (χ1v) is 14.7. The third-order valence-corrected chi connectivity index (χ3v) is 9.70. The number of hydrogen-bond acceptors (Lipinski definition) is 6. The number of carbonyl (C=O) groups excluding carboxylic acids is 1. The molecule has 11 heteroatoms. The Morgan fingerprint density at radius 3 is 2.35 bits per heavy atom. The van der Waals surface area contributed by atoms with Crippen LogP contribution >= 0.6 is 11.3 Å². The average molecular weight is 550 g/mol. The summed E-state index contributed by atoms with van der Waals surface area (Å²) in [4.78, 5) is 19.1. The van der Waals surface area contributed by atoms with Crippen molar-refractivity contribution in [3.05, 3.63) is 53.6 Å². The van der Waals surface area contributed by atoms with Gasteiger partial charge in [-0.2, -0.15) is 9.29 Å². The molecule has 5 rings (SSSR count). The summed E-state index contributed by atoms with van der Waals surface area (Å²) < 4.78 is 61.4. The van der Waals surface area contributed by atoms with Crippen LogP contribution in [0.25, 0.3) is 10.2 Å². The van der Waals surface area contributed by atoms with E-state index < -0.39 is 21.7 Å². The van der Waals surface area contributed by atoms with Crippen molar-refractivity contribution in [2.45, 2.75) is 44.1 Å². The smallest absolute Gasteiger partial charge is 0.274 e. The van der Waals surface area contributed by atoms with Crippen LogP contribution in [-0.2, 0) is 10.0 Å². The minimum absolute atomic E-state index is 0.0868. The molecule has 3 heterocycles. The number of ether oxygens (including phenoxy) is 1. The molecule has 3 aromatic rings. The molecule has 2 fully saturated rings. The monoisotopic (exact) mass is 549 g/mol. The van der Waals surface area contributed by atoms with Gasteiger partial charge >= 0.3 is 0 Å². The Bertz CT molecular complexity index is 1390. The first-order chi connectivity index (χ1) is 17.6. The average Bonchev–Trinajstić information content (AvgIpc) is 3.26. The molecular weight excluding hydrogens is 520 g/mol. The number of halogens is 2. The highest BCUT2D eigenvalue weighted by Crippen LogP contribution is 2.32. The molecule has 0 bridgehead atoms. The molecule has 198 valence electrons. The summed E-state index contributed by atoms with van der Waals surface area (Å²) in [6, 6.07) is 8.20. The van der Waals surface area contributed by atoms with E-state index in [1.165, 1.54) is 18.2 Å². The quantitative estimate of drug-likeness (QED) is 0.451. The standard InChI is InChI=1S/C26H29F2N3O4S2/c1-16-11-17(2)15-31(14-16)37(33,34)21-5-3-18(4-6-21)25(32)30-9-7-20(8-10-30)35-26-29-24-22(28)12-19(27)13-23(24)36-26/h3-6,12-13,16-17,20H,7-11,14-15H2,1-2H3. The van der Waals surface area contributed by atoms with Gasteiger partial charge in [0.05, 0.1) is 9.60 Å². The van der Waals surface area contributed by atoms with Crippen molar-refractivity contribution in [2.75, 3.05) is 26.2 Å². The number of amides is 1. The van der Waals surface area contributed by atoms with Crippen molar-refractivity contribution in [1.82, 2.24) is 14.2 Å². The molecule has 1 aromatic heterocycles. The molecule has 2 atom stereocenters. The summed E-state index contributed by atoms with van der Waals surface area (Å²) >= 11 is 1.09. The molecule has 2 aliphatic rings. The molecule has 2 aliphatic heterocycles. The van der Waals surface area contributed by atoms with Gasteiger partial charge < -0.3 is 9.64 Å². The third-order valence-electron chi connectivity index (χ3n) is 6.96. The number of aromatic nitrogens is 1. The molecule has 1 amide bonds. The van der Waals surface area contributed by atoms with Crippen LogP contribution in [-0.4, -0.2) is 60.8 Å². The Morgan fingerprint density at radius 2 is 1.70 bits per heavy atom. The Labute approximate surface area is 219 Å². The summed E-state index contributed by atoms with van der Waals surface area (Å²) in [6.07, 6.45) is 1.95. The van der Waals surface area contributed by atoms with Crippen LogP contribution in [0.15, 0.2) is 41.3 Å². The molecule has 7 nitrogen and oxygen atoms in total. The van der Waals surface area contributed by atoms with E-state index in [0.717, 1.165) is 23.8 Å². The maximum absolute atomic E-state index is 13.9. The normalized spacial score (nSPS) is 21.9. The fraction of sp³-hybridized carbons (Fsp3) is 0.462. The summed E-state index contributed by atoms with van der Waals surface area (Å²) in [6.45, 7) is 6.06. The largest absolute Gasteiger partial charge is 0.467 e. The van der Waals surface area contributed by atoms with Crippen molar-refractivity contribution >= 4 is 37.5 Å². The van der Waals surface area contributed by atoms with Gasteiger partial charge in [0.2, 0.25) is 10.0 Å². The van der Waals surface area contributed by atoms with Gasteiger partial charge in [0.1, 0.15) is 17.4 Å². The fourth-order valence-corrected chi connectivity index (χ4v) is 7.81. The number of benzene rings is 2. The Balaban J connectivity index is 1.19. The fourth-order valence-electron chi connectivity index (χ4n) is 5.21. The highest BCUT2D eigenvalue weighted by Gasteiger charge is 2.32. The van der Waals surface area contributed by atoms with E-state index in [9.17, 15) is 22.0 Å². The summed E-state index contributed by atoms with van der Waals surface area (Å²) in [7, 11) is -3.60. The van der Waals surface area contributed by atoms with E-state index in [1.54, 1.807) is 21.3 Å². The van der Waals surface area contributed by atoms with Crippen LogP contribution in [0.5, 0.6) is 5.19 Å². The lowest BCUT2D eigenvalue weighted by atomic mass is 9.94. The maximum atomic E-state index is 13.9. The van der Waals surface area contributed by atoms with E-state index in [1.807, 2.05) is 0 Å². The van der Waals surface area contributed by atoms with Gasteiger partial charge in [-0.15, -0.1) is 0 Å². The summed E-state index contributed by atoms with van der Waals surface area (Å²) in [5.41, 5.74) is 0.520. The zero-order valence-corrected chi connectivity index (χ0v) is 22.3. The molecule has 2 saturated heterocycles. The minimum Gasteiger partial charge on any atom is -0.467 e. The second kappa shape index (κ2) is 10.3. The predicted molar refractivity (Wildman–Crippen MR) is 137 cm³/mol. The van der Waals surface area contributed by atoms with Crippen molar-refractivity contribution in [1.29, 1.82) is 0 Å². The van der Waals surface area contributed by atoms with Gasteiger partial charge in [-0.05, 0) is 48.6 Å². The number of likely N-dealkylation sites (tertiary alicyclic amines) is 1. The van der Waals surface area contributed by atoms with Gasteiger partial charge in [-0.3, -0.25) is 4.79 Å². The second-order valence-corrected chi connectivity index (χ2v) is 13.0. The molecule has 2 unspecified atom stereocenters. The molecular formula is C26H29F2N3O4S2. The molecule has 0 radical (unpaired) electrons. The van der Waals surface area contributed by atoms with Crippen molar-refractivity contribution in [3.63, 3.8) is 0 Å². The highest BCUT2D eigenvalue weighted by molar-refractivity contribution is 7.89. The van der Waals surface area contributed by atoms with Crippen LogP contribution in [0, 0.1) is 23.5 Å². The van der Waals surface area contributed by atoms with Gasteiger partial charge in [0, 0.05) is 50.7 Å². The zero-order chi connectivity index (χ0) is 26.3. The van der Waals surface area contributed by atoms with Crippen molar-refractivity contribution < 1.29 is 26.7 Å². The summed E-state index contributed by atoms with van der Waals surface area (Å²) in [5, 5.41) is 0.276. The number of hydrogen-bond donors (Lipinski definition) is 0. The molecule has 0 saturated carbocycles. The lowest BCUT2D eigenvalue weighted by Gasteiger charge is -2.34. The number of carbonyl (C=O) groups is 1. The van der Waals surface area contributed by atoms with Crippen LogP contribution in [0.3, 0.4) is 0 Å². The van der Waals surface area contributed by atoms with Gasteiger partial charge in [0.15, 0.2) is 5.82 Å². The van der Waals surface area contributed by atoms with Crippen molar-refractivity contribution in [3.8, 4) is 5.19 Å². The van der Waals surface area contributed by atoms with Crippen LogP contribution in [0.1, 0.15) is 43.5 Å².